The Hall–Kier alpha value is -1.39. The lowest BCUT2D eigenvalue weighted by Gasteiger charge is -2.04. The number of rotatable bonds is 3. The molecule has 0 bridgehead atoms. The first-order valence-corrected chi connectivity index (χ1v) is 4.99. The van der Waals surface area contributed by atoms with Gasteiger partial charge in [0, 0.05) is 11.6 Å². The molecule has 0 saturated heterocycles. The summed E-state index contributed by atoms with van der Waals surface area (Å²) < 4.78 is 1.77. The molecule has 5 heteroatoms. The largest absolute Gasteiger partial charge is 0.325 e. The summed E-state index contributed by atoms with van der Waals surface area (Å²) in [4.78, 5) is 0. The Morgan fingerprint density at radius 2 is 2.27 bits per heavy atom. The van der Waals surface area contributed by atoms with Crippen LogP contribution in [-0.2, 0) is 13.1 Å². The van der Waals surface area contributed by atoms with Crippen molar-refractivity contribution < 1.29 is 0 Å². The molecule has 2 rings (SSSR count). The van der Waals surface area contributed by atoms with Gasteiger partial charge in [-0.3, -0.25) is 0 Å². The van der Waals surface area contributed by atoms with Crippen LogP contribution in [0.5, 0.6) is 0 Å². The fraction of sp³-hybridized carbons (Fsp3) is 0.200. The fourth-order valence-corrected chi connectivity index (χ4v) is 1.59. The Labute approximate surface area is 92.7 Å². The second-order valence-corrected chi connectivity index (χ2v) is 3.65. The normalized spacial score (nSPS) is 10.5. The maximum absolute atomic E-state index is 5.89. The maximum Gasteiger partial charge on any atom is 0.0738 e. The average molecular weight is 223 g/mol. The smallest absolute Gasteiger partial charge is 0.0738 e. The third-order valence-corrected chi connectivity index (χ3v) is 2.36. The highest BCUT2D eigenvalue weighted by molar-refractivity contribution is 6.30. The zero-order valence-corrected chi connectivity index (χ0v) is 8.85. The SMILES string of the molecule is NCc1cnnn1Cc1cccc(Cl)c1. The summed E-state index contributed by atoms with van der Waals surface area (Å²) in [5, 5.41) is 8.49. The van der Waals surface area contributed by atoms with E-state index in [1.165, 1.54) is 0 Å². The van der Waals surface area contributed by atoms with Crippen molar-refractivity contribution >= 4 is 11.6 Å². The number of nitrogens with two attached hydrogens (primary N) is 1. The van der Waals surface area contributed by atoms with Gasteiger partial charge in [0.25, 0.3) is 0 Å². The van der Waals surface area contributed by atoms with Crippen molar-refractivity contribution in [3.05, 3.63) is 46.7 Å². The van der Waals surface area contributed by atoms with E-state index < -0.39 is 0 Å². The summed E-state index contributed by atoms with van der Waals surface area (Å²) in [7, 11) is 0. The molecule has 0 unspecified atom stereocenters. The van der Waals surface area contributed by atoms with Gasteiger partial charge in [-0.05, 0) is 17.7 Å². The molecule has 78 valence electrons. The van der Waals surface area contributed by atoms with Crippen LogP contribution < -0.4 is 5.73 Å². The second-order valence-electron chi connectivity index (χ2n) is 3.22. The van der Waals surface area contributed by atoms with E-state index >= 15 is 0 Å². The Kier molecular flexibility index (Phi) is 2.99. The Bertz CT molecular complexity index is 452. The fourth-order valence-electron chi connectivity index (χ4n) is 1.38. The zero-order chi connectivity index (χ0) is 10.7. The molecular weight excluding hydrogens is 212 g/mol. The monoisotopic (exact) mass is 222 g/mol. The first-order chi connectivity index (χ1) is 7.29. The number of benzene rings is 1. The van der Waals surface area contributed by atoms with Gasteiger partial charge in [0.15, 0.2) is 0 Å². The highest BCUT2D eigenvalue weighted by atomic mass is 35.5. The maximum atomic E-state index is 5.89. The first-order valence-electron chi connectivity index (χ1n) is 4.61. The molecule has 0 amide bonds. The first kappa shape index (κ1) is 10.1. The summed E-state index contributed by atoms with van der Waals surface area (Å²) in [6.07, 6.45) is 1.67. The van der Waals surface area contributed by atoms with Crippen LogP contribution in [0, 0.1) is 0 Å². The molecule has 1 heterocycles. The van der Waals surface area contributed by atoms with Gasteiger partial charge in [0.1, 0.15) is 0 Å². The number of halogens is 1. The van der Waals surface area contributed by atoms with E-state index in [1.807, 2.05) is 24.3 Å². The van der Waals surface area contributed by atoms with Gasteiger partial charge in [-0.25, -0.2) is 4.68 Å². The summed E-state index contributed by atoms with van der Waals surface area (Å²) in [6, 6.07) is 7.66. The highest BCUT2D eigenvalue weighted by Crippen LogP contribution is 2.12. The van der Waals surface area contributed by atoms with Gasteiger partial charge in [0.05, 0.1) is 18.4 Å². The van der Waals surface area contributed by atoms with Crippen molar-refractivity contribution in [2.45, 2.75) is 13.1 Å². The van der Waals surface area contributed by atoms with Gasteiger partial charge >= 0.3 is 0 Å². The molecule has 0 aliphatic carbocycles. The molecule has 0 spiro atoms. The van der Waals surface area contributed by atoms with Crippen LogP contribution in [0.4, 0.5) is 0 Å². The molecule has 0 radical (unpaired) electrons. The Morgan fingerprint density at radius 3 is 3.00 bits per heavy atom. The molecule has 0 aliphatic heterocycles. The van der Waals surface area contributed by atoms with Crippen LogP contribution in [0.15, 0.2) is 30.5 Å². The standard InChI is InChI=1S/C10H11ClN4/c11-9-3-1-2-8(4-9)7-15-10(5-12)6-13-14-15/h1-4,6H,5,7,12H2. The van der Waals surface area contributed by atoms with Crippen molar-refractivity contribution in [1.82, 2.24) is 15.0 Å². The summed E-state index contributed by atoms with van der Waals surface area (Å²) in [5.41, 5.74) is 7.55. The molecule has 2 N–H and O–H groups in total. The van der Waals surface area contributed by atoms with Crippen molar-refractivity contribution in [1.29, 1.82) is 0 Å². The lowest BCUT2D eigenvalue weighted by atomic mass is 10.2. The van der Waals surface area contributed by atoms with E-state index in [9.17, 15) is 0 Å². The number of nitrogens with zero attached hydrogens (tertiary/aromatic N) is 3. The number of aromatic nitrogens is 3. The molecule has 1 aromatic heterocycles. The van der Waals surface area contributed by atoms with Crippen LogP contribution in [0.1, 0.15) is 11.3 Å². The van der Waals surface area contributed by atoms with Crippen LogP contribution in [0.3, 0.4) is 0 Å². The van der Waals surface area contributed by atoms with Crippen LogP contribution >= 0.6 is 11.6 Å². The Morgan fingerprint density at radius 1 is 1.40 bits per heavy atom. The predicted octanol–water partition coefficient (Wildman–Crippen LogP) is 1.44. The average Bonchev–Trinajstić information content (AvgIpc) is 2.65. The molecule has 0 saturated carbocycles. The van der Waals surface area contributed by atoms with Crippen LogP contribution in [-0.4, -0.2) is 15.0 Å². The van der Waals surface area contributed by atoms with E-state index in [4.69, 9.17) is 17.3 Å². The molecule has 2 aromatic rings. The number of hydrogen-bond acceptors (Lipinski definition) is 3. The minimum atomic E-state index is 0.438. The van der Waals surface area contributed by atoms with E-state index in [1.54, 1.807) is 10.9 Å². The van der Waals surface area contributed by atoms with Gasteiger partial charge in [0.2, 0.25) is 0 Å². The minimum absolute atomic E-state index is 0.438. The Balaban J connectivity index is 2.22. The summed E-state index contributed by atoms with van der Waals surface area (Å²) in [6.45, 7) is 1.08. The number of hydrogen-bond donors (Lipinski definition) is 1. The topological polar surface area (TPSA) is 56.7 Å². The van der Waals surface area contributed by atoms with Crippen molar-refractivity contribution in [2.75, 3.05) is 0 Å². The molecule has 0 atom stereocenters. The molecule has 0 aliphatic rings. The summed E-state index contributed by atoms with van der Waals surface area (Å²) >= 11 is 5.89. The molecular formula is C10H11ClN4. The van der Waals surface area contributed by atoms with Crippen molar-refractivity contribution in [3.8, 4) is 0 Å². The van der Waals surface area contributed by atoms with E-state index in [0.29, 0.717) is 13.1 Å². The molecule has 0 fully saturated rings. The van der Waals surface area contributed by atoms with Gasteiger partial charge in [-0.15, -0.1) is 5.10 Å². The van der Waals surface area contributed by atoms with Gasteiger partial charge in [-0.1, -0.05) is 28.9 Å². The third kappa shape index (κ3) is 2.34. The van der Waals surface area contributed by atoms with Crippen LogP contribution in [0.2, 0.25) is 5.02 Å². The molecule has 1 aromatic carbocycles. The van der Waals surface area contributed by atoms with Crippen LogP contribution in [0.25, 0.3) is 0 Å². The quantitative estimate of drug-likeness (QED) is 0.855. The second kappa shape index (κ2) is 4.42. The highest BCUT2D eigenvalue weighted by Gasteiger charge is 2.02. The summed E-state index contributed by atoms with van der Waals surface area (Å²) in [5.74, 6) is 0. The van der Waals surface area contributed by atoms with Gasteiger partial charge in [-0.2, -0.15) is 0 Å². The zero-order valence-electron chi connectivity index (χ0n) is 8.10. The minimum Gasteiger partial charge on any atom is -0.325 e. The van der Waals surface area contributed by atoms with E-state index in [0.717, 1.165) is 16.3 Å². The third-order valence-electron chi connectivity index (χ3n) is 2.13. The lowest BCUT2D eigenvalue weighted by molar-refractivity contribution is 0.619. The van der Waals surface area contributed by atoms with Crippen molar-refractivity contribution in [2.24, 2.45) is 5.73 Å². The molecule has 4 nitrogen and oxygen atoms in total. The van der Waals surface area contributed by atoms with Gasteiger partial charge < -0.3 is 5.73 Å². The molecule has 15 heavy (non-hydrogen) atoms. The van der Waals surface area contributed by atoms with E-state index in [2.05, 4.69) is 10.3 Å². The van der Waals surface area contributed by atoms with E-state index in [-0.39, 0.29) is 0 Å². The predicted molar refractivity (Wildman–Crippen MR) is 58.5 cm³/mol. The van der Waals surface area contributed by atoms with Crippen molar-refractivity contribution in [3.63, 3.8) is 0 Å². The lowest BCUT2D eigenvalue weighted by Crippen LogP contribution is -2.09.